The average Bonchev–Trinajstić information content (AvgIpc) is 2.46. The van der Waals surface area contributed by atoms with Crippen LogP contribution in [0.2, 0.25) is 5.02 Å². The zero-order valence-corrected chi connectivity index (χ0v) is 12.0. The van der Waals surface area contributed by atoms with Crippen LogP contribution in [-0.2, 0) is 5.41 Å². The molecule has 0 atom stereocenters. The molecule has 0 saturated heterocycles. The first-order chi connectivity index (χ1) is 9.20. The van der Waals surface area contributed by atoms with Gasteiger partial charge in [0.25, 0.3) is 0 Å². The summed E-state index contributed by atoms with van der Waals surface area (Å²) in [5.74, 6) is 0. The molecule has 0 aliphatic heterocycles. The summed E-state index contributed by atoms with van der Waals surface area (Å²) in [6.07, 6.45) is 4.35. The number of nitrogens with one attached hydrogen (secondary N) is 1. The predicted molar refractivity (Wildman–Crippen MR) is 79.5 cm³/mol. The maximum absolute atomic E-state index is 8.86. The molecule has 0 heterocycles. The Bertz CT molecular complexity index is 403. The fourth-order valence-corrected chi connectivity index (χ4v) is 3.26. The van der Waals surface area contributed by atoms with Crippen molar-refractivity contribution in [2.45, 2.75) is 37.1 Å². The fourth-order valence-electron chi connectivity index (χ4n) is 3.07. The van der Waals surface area contributed by atoms with Gasteiger partial charge in [-0.3, -0.25) is 0 Å². The second kappa shape index (κ2) is 6.71. The van der Waals surface area contributed by atoms with Crippen molar-refractivity contribution in [1.29, 1.82) is 0 Å². The van der Waals surface area contributed by atoms with Gasteiger partial charge in [-0.15, -0.1) is 0 Å². The number of benzene rings is 1. The van der Waals surface area contributed by atoms with Crippen LogP contribution in [0.25, 0.3) is 0 Å². The fraction of sp³-hybridized carbons (Fsp3) is 0.600. The molecule has 1 fully saturated rings. The lowest BCUT2D eigenvalue weighted by Crippen LogP contribution is -2.44. The number of nitrogens with two attached hydrogens (primary N) is 1. The summed E-state index contributed by atoms with van der Waals surface area (Å²) >= 11 is 6.10. The van der Waals surface area contributed by atoms with Crippen LogP contribution in [0.4, 0.5) is 0 Å². The van der Waals surface area contributed by atoms with E-state index in [0.717, 1.165) is 30.7 Å². The van der Waals surface area contributed by atoms with E-state index in [-0.39, 0.29) is 12.0 Å². The number of hydrogen-bond donors (Lipinski definition) is 3. The smallest absolute Gasteiger partial charge is 0.0556 e. The first kappa shape index (κ1) is 14.8. The van der Waals surface area contributed by atoms with Gasteiger partial charge >= 0.3 is 0 Å². The van der Waals surface area contributed by atoms with Crippen LogP contribution in [0.15, 0.2) is 24.3 Å². The largest absolute Gasteiger partial charge is 0.395 e. The van der Waals surface area contributed by atoms with Crippen molar-refractivity contribution in [2.75, 3.05) is 19.7 Å². The highest BCUT2D eigenvalue weighted by Crippen LogP contribution is 2.39. The van der Waals surface area contributed by atoms with E-state index < -0.39 is 0 Å². The van der Waals surface area contributed by atoms with Crippen molar-refractivity contribution in [2.24, 2.45) is 5.73 Å². The molecule has 106 valence electrons. The molecule has 2 rings (SSSR count). The molecule has 0 radical (unpaired) electrons. The molecule has 1 aliphatic carbocycles. The van der Waals surface area contributed by atoms with E-state index in [9.17, 15) is 0 Å². The number of halogens is 1. The van der Waals surface area contributed by atoms with Gasteiger partial charge in [0.1, 0.15) is 0 Å². The van der Waals surface area contributed by atoms with Crippen LogP contribution in [0.3, 0.4) is 0 Å². The van der Waals surface area contributed by atoms with Crippen LogP contribution in [0.1, 0.15) is 31.2 Å². The molecule has 4 heteroatoms. The van der Waals surface area contributed by atoms with E-state index in [1.165, 1.54) is 5.56 Å². The molecule has 1 saturated carbocycles. The van der Waals surface area contributed by atoms with E-state index in [1.54, 1.807) is 0 Å². The third-order valence-corrected chi connectivity index (χ3v) is 4.55. The Kier molecular flexibility index (Phi) is 5.22. The van der Waals surface area contributed by atoms with Gasteiger partial charge in [0.15, 0.2) is 0 Å². The van der Waals surface area contributed by atoms with Crippen molar-refractivity contribution >= 4 is 11.6 Å². The summed E-state index contributed by atoms with van der Waals surface area (Å²) in [5, 5.41) is 13.0. The number of hydrogen-bond acceptors (Lipinski definition) is 3. The van der Waals surface area contributed by atoms with E-state index in [2.05, 4.69) is 17.4 Å². The van der Waals surface area contributed by atoms with Crippen LogP contribution < -0.4 is 11.1 Å². The lowest BCUT2D eigenvalue weighted by atomic mass is 9.68. The Morgan fingerprint density at radius 2 is 2.11 bits per heavy atom. The van der Waals surface area contributed by atoms with Crippen LogP contribution in [0.5, 0.6) is 0 Å². The van der Waals surface area contributed by atoms with Gasteiger partial charge in [0.2, 0.25) is 0 Å². The first-order valence-corrected chi connectivity index (χ1v) is 7.38. The van der Waals surface area contributed by atoms with E-state index >= 15 is 0 Å². The molecular weight excluding hydrogens is 260 g/mol. The van der Waals surface area contributed by atoms with Gasteiger partial charge in [-0.25, -0.2) is 0 Å². The standard InChI is InChI=1S/C15H23ClN2O/c16-13-3-1-2-12(10-13)15(11-17)6-4-14(5-7-15)18-8-9-19/h1-3,10,14,18-19H,4-9,11,17H2. The summed E-state index contributed by atoms with van der Waals surface area (Å²) in [6, 6.07) is 8.61. The molecule has 3 nitrogen and oxygen atoms in total. The minimum absolute atomic E-state index is 0.0717. The highest BCUT2D eigenvalue weighted by Gasteiger charge is 2.35. The minimum atomic E-state index is 0.0717. The summed E-state index contributed by atoms with van der Waals surface area (Å²) in [4.78, 5) is 0. The zero-order valence-electron chi connectivity index (χ0n) is 11.2. The predicted octanol–water partition coefficient (Wildman–Crippen LogP) is 2.06. The number of rotatable bonds is 5. The highest BCUT2D eigenvalue weighted by molar-refractivity contribution is 6.30. The van der Waals surface area contributed by atoms with Gasteiger partial charge in [0, 0.05) is 29.6 Å². The second-order valence-corrected chi connectivity index (χ2v) is 5.88. The Balaban J connectivity index is 2.05. The van der Waals surface area contributed by atoms with Gasteiger partial charge < -0.3 is 16.2 Å². The molecule has 0 bridgehead atoms. The summed E-state index contributed by atoms with van der Waals surface area (Å²) < 4.78 is 0. The number of aliphatic hydroxyl groups excluding tert-OH is 1. The topological polar surface area (TPSA) is 58.3 Å². The maximum atomic E-state index is 8.86. The molecule has 1 aliphatic rings. The lowest BCUT2D eigenvalue weighted by Gasteiger charge is -2.40. The molecule has 0 aromatic heterocycles. The van der Waals surface area contributed by atoms with E-state index in [4.69, 9.17) is 22.4 Å². The minimum Gasteiger partial charge on any atom is -0.395 e. The van der Waals surface area contributed by atoms with Crippen molar-refractivity contribution in [3.8, 4) is 0 Å². The molecule has 1 aromatic rings. The normalized spacial score (nSPS) is 27.4. The lowest BCUT2D eigenvalue weighted by molar-refractivity contribution is 0.232. The van der Waals surface area contributed by atoms with Crippen molar-refractivity contribution in [3.63, 3.8) is 0 Å². The van der Waals surface area contributed by atoms with Gasteiger partial charge in [-0.05, 0) is 43.4 Å². The van der Waals surface area contributed by atoms with Crippen LogP contribution in [-0.4, -0.2) is 30.8 Å². The van der Waals surface area contributed by atoms with Crippen molar-refractivity contribution < 1.29 is 5.11 Å². The van der Waals surface area contributed by atoms with E-state index in [1.807, 2.05) is 12.1 Å². The molecule has 19 heavy (non-hydrogen) atoms. The van der Waals surface area contributed by atoms with Crippen molar-refractivity contribution in [1.82, 2.24) is 5.32 Å². The quantitative estimate of drug-likeness (QED) is 0.775. The van der Waals surface area contributed by atoms with Crippen LogP contribution in [0, 0.1) is 0 Å². The molecule has 0 unspecified atom stereocenters. The SMILES string of the molecule is NCC1(c2cccc(Cl)c2)CCC(NCCO)CC1. The average molecular weight is 283 g/mol. The first-order valence-electron chi connectivity index (χ1n) is 7.00. The van der Waals surface area contributed by atoms with Crippen LogP contribution >= 0.6 is 11.6 Å². The Hall–Kier alpha value is -0.610. The summed E-state index contributed by atoms with van der Waals surface area (Å²) in [6.45, 7) is 1.55. The Morgan fingerprint density at radius 1 is 1.37 bits per heavy atom. The van der Waals surface area contributed by atoms with Gasteiger partial charge in [-0.2, -0.15) is 0 Å². The number of aliphatic hydroxyl groups is 1. The molecule has 0 spiro atoms. The van der Waals surface area contributed by atoms with E-state index in [0.29, 0.717) is 19.1 Å². The Morgan fingerprint density at radius 3 is 2.68 bits per heavy atom. The monoisotopic (exact) mass is 282 g/mol. The molecule has 4 N–H and O–H groups in total. The zero-order chi connectivity index (χ0) is 13.7. The molecule has 0 amide bonds. The highest BCUT2D eigenvalue weighted by atomic mass is 35.5. The Labute approximate surface area is 120 Å². The second-order valence-electron chi connectivity index (χ2n) is 5.45. The third-order valence-electron chi connectivity index (χ3n) is 4.32. The van der Waals surface area contributed by atoms with Gasteiger partial charge in [0.05, 0.1) is 6.61 Å². The van der Waals surface area contributed by atoms with Crippen molar-refractivity contribution in [3.05, 3.63) is 34.9 Å². The summed E-state index contributed by atoms with van der Waals surface area (Å²) in [7, 11) is 0. The van der Waals surface area contributed by atoms with Gasteiger partial charge in [-0.1, -0.05) is 23.7 Å². The molecule has 1 aromatic carbocycles. The molecular formula is C15H23ClN2O. The third kappa shape index (κ3) is 3.48. The maximum Gasteiger partial charge on any atom is 0.0556 e. The summed E-state index contributed by atoms with van der Waals surface area (Å²) in [5.41, 5.74) is 7.40.